The number of nitrogens with zero attached hydrogens (tertiary/aromatic N) is 3. The van der Waals surface area contributed by atoms with Gasteiger partial charge in [0.05, 0.1) is 28.3 Å². The van der Waals surface area contributed by atoms with Gasteiger partial charge in [-0.3, -0.25) is 19.2 Å². The lowest BCUT2D eigenvalue weighted by molar-refractivity contribution is -0.384. The summed E-state index contributed by atoms with van der Waals surface area (Å²) >= 11 is 12.3. The number of aryl methyl sites for hydroxylation is 1. The molecule has 0 unspecified atom stereocenters. The number of hydrogen-bond acceptors (Lipinski definition) is 6. The SMILES string of the molecule is Cc1ccc(Cl)cc1N(Cc1ccc(C(=O)N/N=C\c2cc([N+](=O)[O-])ccc2Cl)cc1)S(=O)(=O)c1ccccc1. The molecule has 0 aromatic heterocycles. The van der Waals surface area contributed by atoms with Gasteiger partial charge in [-0.1, -0.05) is 59.6 Å². The molecule has 0 radical (unpaired) electrons. The highest BCUT2D eigenvalue weighted by Crippen LogP contribution is 2.31. The fraction of sp³-hybridized carbons (Fsp3) is 0.0714. The van der Waals surface area contributed by atoms with Gasteiger partial charge in [-0.25, -0.2) is 13.8 Å². The van der Waals surface area contributed by atoms with Gasteiger partial charge in [0.2, 0.25) is 0 Å². The molecule has 0 aliphatic heterocycles. The molecule has 0 saturated carbocycles. The van der Waals surface area contributed by atoms with Gasteiger partial charge in [0, 0.05) is 33.3 Å². The zero-order valence-corrected chi connectivity index (χ0v) is 23.3. The molecule has 0 saturated heterocycles. The Morgan fingerprint density at radius 3 is 2.38 bits per heavy atom. The average Bonchev–Trinajstić information content (AvgIpc) is 2.94. The molecular weight excluding hydrogens is 575 g/mol. The van der Waals surface area contributed by atoms with Crippen LogP contribution in [-0.2, 0) is 16.6 Å². The van der Waals surface area contributed by atoms with Crippen molar-refractivity contribution < 1.29 is 18.1 Å². The normalized spacial score (nSPS) is 11.4. The van der Waals surface area contributed by atoms with Crippen LogP contribution in [0.4, 0.5) is 11.4 Å². The van der Waals surface area contributed by atoms with Crippen molar-refractivity contribution in [3.05, 3.63) is 133 Å². The second-order valence-corrected chi connectivity index (χ2v) is 11.3. The van der Waals surface area contributed by atoms with Crippen molar-refractivity contribution in [2.75, 3.05) is 4.31 Å². The fourth-order valence-corrected chi connectivity index (χ4v) is 5.63. The number of hydrazone groups is 1. The highest BCUT2D eigenvalue weighted by molar-refractivity contribution is 7.92. The maximum absolute atomic E-state index is 13.6. The highest BCUT2D eigenvalue weighted by atomic mass is 35.5. The van der Waals surface area contributed by atoms with E-state index in [2.05, 4.69) is 10.5 Å². The zero-order valence-electron chi connectivity index (χ0n) is 21.0. The number of sulfonamides is 1. The van der Waals surface area contributed by atoms with E-state index in [4.69, 9.17) is 23.2 Å². The topological polar surface area (TPSA) is 122 Å². The van der Waals surface area contributed by atoms with E-state index in [0.29, 0.717) is 16.3 Å². The van der Waals surface area contributed by atoms with Crippen LogP contribution in [0, 0.1) is 17.0 Å². The Balaban J connectivity index is 1.54. The summed E-state index contributed by atoms with van der Waals surface area (Å²) in [5, 5.41) is 15.4. The second kappa shape index (κ2) is 12.3. The maximum atomic E-state index is 13.6. The summed E-state index contributed by atoms with van der Waals surface area (Å²) in [4.78, 5) is 23.1. The molecule has 204 valence electrons. The van der Waals surface area contributed by atoms with Crippen LogP contribution in [0.25, 0.3) is 0 Å². The van der Waals surface area contributed by atoms with Gasteiger partial charge < -0.3 is 0 Å². The third kappa shape index (κ3) is 6.66. The number of amides is 1. The van der Waals surface area contributed by atoms with Crippen LogP contribution in [0.2, 0.25) is 10.0 Å². The maximum Gasteiger partial charge on any atom is 0.271 e. The van der Waals surface area contributed by atoms with Crippen LogP contribution < -0.4 is 9.73 Å². The number of hydrogen-bond donors (Lipinski definition) is 1. The molecular formula is C28H22Cl2N4O5S. The van der Waals surface area contributed by atoms with Crippen molar-refractivity contribution in [1.82, 2.24) is 5.43 Å². The Labute approximate surface area is 240 Å². The Hall–Kier alpha value is -4.25. The van der Waals surface area contributed by atoms with Crippen molar-refractivity contribution in [1.29, 1.82) is 0 Å². The number of nitro benzene ring substituents is 1. The third-order valence-corrected chi connectivity index (χ3v) is 8.23. The van der Waals surface area contributed by atoms with Crippen LogP contribution in [0.1, 0.15) is 27.0 Å². The number of rotatable bonds is 9. The minimum Gasteiger partial charge on any atom is -0.267 e. The van der Waals surface area contributed by atoms with Crippen LogP contribution in [0.5, 0.6) is 0 Å². The van der Waals surface area contributed by atoms with Gasteiger partial charge in [0.1, 0.15) is 0 Å². The van der Waals surface area contributed by atoms with Gasteiger partial charge in [0.15, 0.2) is 0 Å². The molecule has 40 heavy (non-hydrogen) atoms. The van der Waals surface area contributed by atoms with Gasteiger partial charge in [-0.05, 0) is 60.5 Å². The first-order valence-corrected chi connectivity index (χ1v) is 14.0. The molecule has 0 bridgehead atoms. The molecule has 1 amide bonds. The minimum atomic E-state index is -3.95. The smallest absolute Gasteiger partial charge is 0.267 e. The van der Waals surface area contributed by atoms with Crippen molar-refractivity contribution in [3.8, 4) is 0 Å². The Kier molecular flexibility index (Phi) is 8.83. The molecule has 12 heteroatoms. The zero-order chi connectivity index (χ0) is 28.9. The first-order valence-electron chi connectivity index (χ1n) is 11.8. The van der Waals surface area contributed by atoms with Crippen molar-refractivity contribution >= 4 is 56.7 Å². The summed E-state index contributed by atoms with van der Waals surface area (Å²) in [5.41, 5.74) is 4.51. The Morgan fingerprint density at radius 2 is 1.70 bits per heavy atom. The average molecular weight is 597 g/mol. The number of benzene rings is 4. The lowest BCUT2D eigenvalue weighted by atomic mass is 10.1. The summed E-state index contributed by atoms with van der Waals surface area (Å²) in [6, 6.07) is 23.4. The first-order chi connectivity index (χ1) is 19.1. The van der Waals surface area contributed by atoms with E-state index < -0.39 is 20.9 Å². The summed E-state index contributed by atoms with van der Waals surface area (Å²) in [7, 11) is -3.95. The third-order valence-electron chi connectivity index (χ3n) is 5.87. The van der Waals surface area contributed by atoms with E-state index in [0.717, 1.165) is 5.56 Å². The number of nitro groups is 1. The largest absolute Gasteiger partial charge is 0.271 e. The molecule has 4 aromatic rings. The molecule has 9 nitrogen and oxygen atoms in total. The van der Waals surface area contributed by atoms with E-state index in [9.17, 15) is 23.3 Å². The van der Waals surface area contributed by atoms with E-state index in [1.165, 1.54) is 40.9 Å². The standard InChI is InChI=1S/C28H22Cl2N4O5S/c1-19-7-12-23(29)16-27(19)33(40(38,39)25-5-3-2-4-6-25)18-20-8-10-21(11-9-20)28(35)32-31-17-22-15-24(34(36)37)13-14-26(22)30/h2-17H,18H2,1H3,(H,32,35)/b31-17-. The van der Waals surface area contributed by atoms with Gasteiger partial charge in [-0.15, -0.1) is 0 Å². The van der Waals surface area contributed by atoms with E-state index in [1.54, 1.807) is 67.6 Å². The monoisotopic (exact) mass is 596 g/mol. The molecule has 0 fully saturated rings. The summed E-state index contributed by atoms with van der Waals surface area (Å²) in [6.45, 7) is 1.79. The lowest BCUT2D eigenvalue weighted by Crippen LogP contribution is -2.31. The van der Waals surface area contributed by atoms with Crippen LogP contribution >= 0.6 is 23.2 Å². The van der Waals surface area contributed by atoms with Gasteiger partial charge >= 0.3 is 0 Å². The van der Waals surface area contributed by atoms with Crippen LogP contribution in [-0.4, -0.2) is 25.5 Å². The molecule has 4 aromatic carbocycles. The lowest BCUT2D eigenvalue weighted by Gasteiger charge is -2.26. The minimum absolute atomic E-state index is 0.0102. The number of halogens is 2. The summed E-state index contributed by atoms with van der Waals surface area (Å²) in [6.07, 6.45) is 1.21. The second-order valence-electron chi connectivity index (χ2n) is 8.61. The summed E-state index contributed by atoms with van der Waals surface area (Å²) < 4.78 is 28.6. The number of carbonyl (C=O) groups excluding carboxylic acids is 1. The molecule has 0 atom stereocenters. The number of non-ortho nitro benzene ring substituents is 1. The predicted octanol–water partition coefficient (Wildman–Crippen LogP) is 6.37. The molecule has 0 aliphatic carbocycles. The van der Waals surface area contributed by atoms with E-state index in [1.807, 2.05) is 0 Å². The molecule has 1 N–H and O–H groups in total. The predicted molar refractivity (Wildman–Crippen MR) is 156 cm³/mol. The van der Waals surface area contributed by atoms with Gasteiger partial charge in [-0.2, -0.15) is 5.10 Å². The van der Waals surface area contributed by atoms with Crippen molar-refractivity contribution in [2.45, 2.75) is 18.4 Å². The Bertz CT molecular complexity index is 1700. The molecule has 4 rings (SSSR count). The van der Waals surface area contributed by atoms with Crippen LogP contribution in [0.15, 0.2) is 101 Å². The van der Waals surface area contributed by atoms with Gasteiger partial charge in [0.25, 0.3) is 21.6 Å². The number of anilines is 1. The molecule has 0 heterocycles. The Morgan fingerprint density at radius 1 is 1.00 bits per heavy atom. The van der Waals surface area contributed by atoms with Crippen molar-refractivity contribution in [2.24, 2.45) is 5.10 Å². The van der Waals surface area contributed by atoms with E-state index >= 15 is 0 Å². The molecule has 0 spiro atoms. The van der Waals surface area contributed by atoms with E-state index in [-0.39, 0.29) is 33.3 Å². The molecule has 0 aliphatic rings. The quantitative estimate of drug-likeness (QED) is 0.137. The first kappa shape index (κ1) is 28.8. The van der Waals surface area contributed by atoms with Crippen LogP contribution in [0.3, 0.4) is 0 Å². The summed E-state index contributed by atoms with van der Waals surface area (Å²) in [5.74, 6) is -0.538. The number of carbonyl (C=O) groups is 1. The fourth-order valence-electron chi connectivity index (χ4n) is 3.77. The highest BCUT2D eigenvalue weighted by Gasteiger charge is 2.26. The van der Waals surface area contributed by atoms with Crippen molar-refractivity contribution in [3.63, 3.8) is 0 Å². The number of nitrogens with one attached hydrogen (secondary N) is 1.